The smallest absolute Gasteiger partial charge is 0.169 e. The van der Waals surface area contributed by atoms with Crippen LogP contribution in [0.15, 0.2) is 42.5 Å². The lowest BCUT2D eigenvalue weighted by Crippen LogP contribution is -2.07. The van der Waals surface area contributed by atoms with Crippen LogP contribution in [0.25, 0.3) is 21.7 Å². The summed E-state index contributed by atoms with van der Waals surface area (Å²) in [6, 6.07) is 14.1. The molecule has 0 N–H and O–H groups in total. The summed E-state index contributed by atoms with van der Waals surface area (Å²) in [5, 5.41) is 0. The zero-order valence-corrected chi connectivity index (χ0v) is 16.4. The van der Waals surface area contributed by atoms with E-state index in [1.54, 1.807) is 21.3 Å². The Morgan fingerprint density at radius 1 is 0.885 bits per heavy atom. The Kier molecular flexibility index (Phi) is 5.32. The van der Waals surface area contributed by atoms with Gasteiger partial charge in [0.1, 0.15) is 5.75 Å². The first-order valence-corrected chi connectivity index (χ1v) is 8.89. The van der Waals surface area contributed by atoms with E-state index in [0.29, 0.717) is 17.2 Å². The molecule has 26 heavy (non-hydrogen) atoms. The van der Waals surface area contributed by atoms with E-state index in [-0.39, 0.29) is 0 Å². The zero-order chi connectivity index (χ0) is 18.7. The number of methoxy groups -OCH3 is 3. The third kappa shape index (κ3) is 3.46. The van der Waals surface area contributed by atoms with Crippen LogP contribution in [0.4, 0.5) is 5.69 Å². The van der Waals surface area contributed by atoms with Gasteiger partial charge in [-0.2, -0.15) is 4.37 Å². The molecule has 2 aromatic carbocycles. The summed E-state index contributed by atoms with van der Waals surface area (Å²) in [5.41, 5.74) is 4.06. The van der Waals surface area contributed by atoms with Crippen LogP contribution in [0.3, 0.4) is 0 Å². The van der Waals surface area contributed by atoms with Gasteiger partial charge in [0.15, 0.2) is 11.5 Å². The van der Waals surface area contributed by atoms with Crippen molar-refractivity contribution >= 4 is 17.2 Å². The molecule has 0 aliphatic rings. The van der Waals surface area contributed by atoms with Gasteiger partial charge in [0, 0.05) is 37.0 Å². The Balaban J connectivity index is 2.02. The van der Waals surface area contributed by atoms with Crippen molar-refractivity contribution in [2.45, 2.75) is 0 Å². The van der Waals surface area contributed by atoms with E-state index in [2.05, 4.69) is 39.6 Å². The van der Waals surface area contributed by atoms with Crippen molar-refractivity contribution in [1.29, 1.82) is 0 Å². The highest BCUT2D eigenvalue weighted by atomic mass is 32.1. The number of hydrogen-bond acceptors (Lipinski definition) is 6. The van der Waals surface area contributed by atoms with Crippen molar-refractivity contribution in [1.82, 2.24) is 4.37 Å². The Labute approximate surface area is 157 Å². The van der Waals surface area contributed by atoms with Crippen LogP contribution in [-0.4, -0.2) is 39.8 Å². The van der Waals surface area contributed by atoms with Crippen LogP contribution in [0.2, 0.25) is 0 Å². The lowest BCUT2D eigenvalue weighted by molar-refractivity contribution is 0.350. The number of hydrogen-bond donors (Lipinski definition) is 0. The van der Waals surface area contributed by atoms with Crippen molar-refractivity contribution in [3.8, 4) is 38.9 Å². The lowest BCUT2D eigenvalue weighted by Gasteiger charge is -2.13. The first-order chi connectivity index (χ1) is 12.6. The van der Waals surface area contributed by atoms with E-state index in [1.165, 1.54) is 11.5 Å². The molecule has 0 saturated carbocycles. The van der Waals surface area contributed by atoms with E-state index in [0.717, 1.165) is 27.4 Å². The standard InChI is InChI=1S/C20H22N2O3S/c1-22(2)14-8-6-13(7-9-14)17-12-19(26-21-17)16-10-15(23-3)11-18(24-4)20(16)25-5/h6-12H,1-5H3. The highest BCUT2D eigenvalue weighted by molar-refractivity contribution is 7.09. The number of aromatic nitrogens is 1. The van der Waals surface area contributed by atoms with Crippen LogP contribution < -0.4 is 19.1 Å². The predicted molar refractivity (Wildman–Crippen MR) is 107 cm³/mol. The van der Waals surface area contributed by atoms with Gasteiger partial charge in [-0.25, -0.2) is 0 Å². The summed E-state index contributed by atoms with van der Waals surface area (Å²) in [4.78, 5) is 3.06. The number of rotatable bonds is 6. The Hall–Kier alpha value is -2.73. The molecule has 0 radical (unpaired) electrons. The molecule has 0 bridgehead atoms. The van der Waals surface area contributed by atoms with Gasteiger partial charge in [-0.1, -0.05) is 12.1 Å². The zero-order valence-electron chi connectivity index (χ0n) is 15.6. The van der Waals surface area contributed by atoms with Crippen LogP contribution in [0.5, 0.6) is 17.2 Å². The molecule has 0 amide bonds. The molecule has 0 fully saturated rings. The number of ether oxygens (including phenoxy) is 3. The second kappa shape index (κ2) is 7.66. The Morgan fingerprint density at radius 2 is 1.62 bits per heavy atom. The molecular formula is C20H22N2O3S. The van der Waals surface area contributed by atoms with Gasteiger partial charge < -0.3 is 19.1 Å². The SMILES string of the molecule is COc1cc(OC)c(OC)c(-c2cc(-c3ccc(N(C)C)cc3)ns2)c1. The molecule has 136 valence electrons. The summed E-state index contributed by atoms with van der Waals surface area (Å²) < 4.78 is 21.0. The van der Waals surface area contributed by atoms with Gasteiger partial charge in [0.25, 0.3) is 0 Å². The maximum Gasteiger partial charge on any atom is 0.169 e. The molecule has 5 nitrogen and oxygen atoms in total. The van der Waals surface area contributed by atoms with Gasteiger partial charge in [0.05, 0.1) is 31.9 Å². The Bertz CT molecular complexity index is 889. The van der Waals surface area contributed by atoms with Crippen LogP contribution in [0, 0.1) is 0 Å². The lowest BCUT2D eigenvalue weighted by atomic mass is 10.1. The van der Waals surface area contributed by atoms with Crippen LogP contribution in [-0.2, 0) is 0 Å². The molecule has 1 heterocycles. The third-order valence-corrected chi connectivity index (χ3v) is 4.97. The first-order valence-electron chi connectivity index (χ1n) is 8.12. The van der Waals surface area contributed by atoms with Crippen molar-refractivity contribution in [3.63, 3.8) is 0 Å². The average Bonchev–Trinajstić information content (AvgIpc) is 3.16. The largest absolute Gasteiger partial charge is 0.497 e. The third-order valence-electron chi connectivity index (χ3n) is 4.14. The minimum absolute atomic E-state index is 0.632. The summed E-state index contributed by atoms with van der Waals surface area (Å²) in [5.74, 6) is 2.02. The van der Waals surface area contributed by atoms with Crippen LogP contribution >= 0.6 is 11.5 Å². The molecule has 0 aliphatic heterocycles. The molecule has 0 aliphatic carbocycles. The second-order valence-corrected chi connectivity index (χ2v) is 6.73. The maximum absolute atomic E-state index is 5.57. The number of nitrogens with zero attached hydrogens (tertiary/aromatic N) is 2. The molecule has 3 rings (SSSR count). The van der Waals surface area contributed by atoms with Crippen molar-refractivity contribution in [2.75, 3.05) is 40.3 Å². The summed E-state index contributed by atoms with van der Waals surface area (Å²) in [6.45, 7) is 0. The van der Waals surface area contributed by atoms with Gasteiger partial charge in [-0.05, 0) is 35.8 Å². The molecule has 1 aromatic heterocycles. The molecule has 0 unspecified atom stereocenters. The number of benzene rings is 2. The molecule has 0 spiro atoms. The fourth-order valence-corrected chi connectivity index (χ4v) is 3.48. The summed E-state index contributed by atoms with van der Waals surface area (Å²) in [6.07, 6.45) is 0. The summed E-state index contributed by atoms with van der Waals surface area (Å²) >= 11 is 1.42. The van der Waals surface area contributed by atoms with Crippen LogP contribution in [0.1, 0.15) is 0 Å². The topological polar surface area (TPSA) is 43.8 Å². The fraction of sp³-hybridized carbons (Fsp3) is 0.250. The first kappa shape index (κ1) is 18.1. The van der Waals surface area contributed by atoms with E-state index >= 15 is 0 Å². The van der Waals surface area contributed by atoms with Crippen molar-refractivity contribution in [3.05, 3.63) is 42.5 Å². The molecule has 0 saturated heterocycles. The highest BCUT2D eigenvalue weighted by Crippen LogP contribution is 2.43. The maximum atomic E-state index is 5.57. The van der Waals surface area contributed by atoms with E-state index < -0.39 is 0 Å². The normalized spacial score (nSPS) is 10.5. The predicted octanol–water partition coefficient (Wildman–Crippen LogP) is 4.57. The second-order valence-electron chi connectivity index (χ2n) is 5.93. The van der Waals surface area contributed by atoms with Gasteiger partial charge in [0.2, 0.25) is 0 Å². The highest BCUT2D eigenvalue weighted by Gasteiger charge is 2.17. The van der Waals surface area contributed by atoms with E-state index in [9.17, 15) is 0 Å². The van der Waals surface area contributed by atoms with E-state index in [4.69, 9.17) is 14.2 Å². The summed E-state index contributed by atoms with van der Waals surface area (Å²) in [7, 11) is 8.94. The molecular weight excluding hydrogens is 348 g/mol. The minimum atomic E-state index is 0.632. The number of anilines is 1. The average molecular weight is 370 g/mol. The van der Waals surface area contributed by atoms with Gasteiger partial charge >= 0.3 is 0 Å². The monoisotopic (exact) mass is 370 g/mol. The Morgan fingerprint density at radius 3 is 2.19 bits per heavy atom. The minimum Gasteiger partial charge on any atom is -0.497 e. The van der Waals surface area contributed by atoms with Gasteiger partial charge in [-0.3, -0.25) is 0 Å². The molecule has 6 heteroatoms. The van der Waals surface area contributed by atoms with Gasteiger partial charge in [-0.15, -0.1) is 0 Å². The fourth-order valence-electron chi connectivity index (χ4n) is 2.71. The van der Waals surface area contributed by atoms with E-state index in [1.807, 2.05) is 26.2 Å². The quantitative estimate of drug-likeness (QED) is 0.636. The molecule has 3 aromatic rings. The van der Waals surface area contributed by atoms with Crippen molar-refractivity contribution < 1.29 is 14.2 Å². The van der Waals surface area contributed by atoms with Crippen molar-refractivity contribution in [2.24, 2.45) is 0 Å². The molecule has 0 atom stereocenters.